The number of aromatic amines is 1. The molecular formula is C21H15FN3O2. The van der Waals surface area contributed by atoms with Crippen molar-refractivity contribution in [2.75, 3.05) is 0 Å². The summed E-state index contributed by atoms with van der Waals surface area (Å²) in [6, 6.07) is 16.0. The number of pyridine rings is 1. The lowest BCUT2D eigenvalue weighted by Gasteiger charge is -2.08. The molecule has 27 heavy (non-hydrogen) atoms. The first-order valence-corrected chi connectivity index (χ1v) is 8.13. The number of halogens is 1. The maximum Gasteiger partial charge on any atom is 0.248 e. The highest BCUT2D eigenvalue weighted by atomic mass is 19.1. The number of rotatable bonds is 5. The van der Waals surface area contributed by atoms with Gasteiger partial charge in [-0.15, -0.1) is 0 Å². The molecule has 0 saturated heterocycles. The number of aromatic nitrogens is 1. The molecule has 0 unspecified atom stereocenters. The van der Waals surface area contributed by atoms with Crippen molar-refractivity contribution in [2.45, 2.75) is 6.42 Å². The predicted molar refractivity (Wildman–Crippen MR) is 99.2 cm³/mol. The number of nitriles is 1. The van der Waals surface area contributed by atoms with Crippen molar-refractivity contribution >= 4 is 5.91 Å². The van der Waals surface area contributed by atoms with E-state index < -0.39 is 11.7 Å². The Balaban J connectivity index is 1.89. The summed E-state index contributed by atoms with van der Waals surface area (Å²) in [7, 11) is 0. The Morgan fingerprint density at radius 3 is 2.63 bits per heavy atom. The van der Waals surface area contributed by atoms with Crippen LogP contribution >= 0.6 is 0 Å². The second kappa shape index (κ2) is 7.67. The van der Waals surface area contributed by atoms with Gasteiger partial charge in [0.15, 0.2) is 0 Å². The lowest BCUT2D eigenvalue weighted by Crippen LogP contribution is -2.14. The van der Waals surface area contributed by atoms with Crippen molar-refractivity contribution in [3.63, 3.8) is 0 Å². The van der Waals surface area contributed by atoms with Gasteiger partial charge in [-0.1, -0.05) is 24.3 Å². The third kappa shape index (κ3) is 4.10. The Hall–Kier alpha value is -3.72. The number of primary amides is 1. The van der Waals surface area contributed by atoms with E-state index >= 15 is 0 Å². The fraction of sp³-hybridized carbons (Fsp3) is 0.0476. The van der Waals surface area contributed by atoms with E-state index in [1.165, 1.54) is 18.2 Å². The van der Waals surface area contributed by atoms with Crippen molar-refractivity contribution in [1.82, 2.24) is 4.98 Å². The molecule has 0 atom stereocenters. The molecule has 1 amide bonds. The van der Waals surface area contributed by atoms with Crippen LogP contribution in [0.2, 0.25) is 0 Å². The molecule has 133 valence electrons. The van der Waals surface area contributed by atoms with E-state index in [1.807, 2.05) is 0 Å². The third-order valence-electron chi connectivity index (χ3n) is 4.11. The molecule has 0 spiro atoms. The van der Waals surface area contributed by atoms with Gasteiger partial charge in [0.05, 0.1) is 5.56 Å². The van der Waals surface area contributed by atoms with Gasteiger partial charge in [0, 0.05) is 23.7 Å². The Bertz CT molecular complexity index is 1110. The predicted octanol–water partition coefficient (Wildman–Crippen LogP) is 2.95. The fourth-order valence-corrected chi connectivity index (χ4v) is 2.79. The van der Waals surface area contributed by atoms with Crippen molar-refractivity contribution in [1.29, 1.82) is 5.26 Å². The van der Waals surface area contributed by atoms with Gasteiger partial charge in [-0.2, -0.15) is 5.26 Å². The van der Waals surface area contributed by atoms with Crippen LogP contribution < -0.4 is 11.3 Å². The molecule has 2 aromatic carbocycles. The molecule has 0 bridgehead atoms. The van der Waals surface area contributed by atoms with Crippen LogP contribution in [0.4, 0.5) is 4.39 Å². The monoisotopic (exact) mass is 360 g/mol. The van der Waals surface area contributed by atoms with E-state index in [0.717, 1.165) is 5.56 Å². The van der Waals surface area contributed by atoms with Crippen LogP contribution in [0.1, 0.15) is 27.2 Å². The van der Waals surface area contributed by atoms with Crippen LogP contribution in [0.5, 0.6) is 0 Å². The number of nitrogens with one attached hydrogen (secondary N) is 1. The normalized spacial score (nSPS) is 10.4. The molecule has 0 aliphatic heterocycles. The number of nitrogens with two attached hydrogens (primary N) is 1. The molecule has 6 heteroatoms. The van der Waals surface area contributed by atoms with E-state index in [9.17, 15) is 14.0 Å². The molecule has 0 fully saturated rings. The van der Waals surface area contributed by atoms with E-state index in [4.69, 9.17) is 11.0 Å². The molecule has 1 aromatic heterocycles. The van der Waals surface area contributed by atoms with Crippen molar-refractivity contribution in [3.8, 4) is 17.2 Å². The molecule has 5 nitrogen and oxygen atoms in total. The fourth-order valence-electron chi connectivity index (χ4n) is 2.79. The number of nitrogens with zero attached hydrogens (tertiary/aromatic N) is 1. The largest absolute Gasteiger partial charge is 0.366 e. The lowest BCUT2D eigenvalue weighted by molar-refractivity contribution is 0.0999. The molecule has 0 aliphatic rings. The first-order chi connectivity index (χ1) is 13.0. The second-order valence-electron chi connectivity index (χ2n) is 5.92. The molecule has 3 aromatic rings. The van der Waals surface area contributed by atoms with Gasteiger partial charge in [-0.25, -0.2) is 4.39 Å². The van der Waals surface area contributed by atoms with Crippen LogP contribution in [0.3, 0.4) is 0 Å². The third-order valence-corrected chi connectivity index (χ3v) is 4.11. The van der Waals surface area contributed by atoms with Gasteiger partial charge < -0.3 is 10.7 Å². The molecule has 1 heterocycles. The summed E-state index contributed by atoms with van der Waals surface area (Å²) < 4.78 is 13.9. The zero-order valence-corrected chi connectivity index (χ0v) is 14.2. The lowest BCUT2D eigenvalue weighted by atomic mass is 9.99. The summed E-state index contributed by atoms with van der Waals surface area (Å²) in [6.45, 7) is 0. The average Bonchev–Trinajstić information content (AvgIpc) is 2.66. The second-order valence-corrected chi connectivity index (χ2v) is 5.92. The maximum absolute atomic E-state index is 13.9. The van der Waals surface area contributed by atoms with E-state index in [2.05, 4.69) is 4.98 Å². The van der Waals surface area contributed by atoms with E-state index in [-0.39, 0.29) is 11.1 Å². The van der Waals surface area contributed by atoms with Crippen molar-refractivity contribution in [2.24, 2.45) is 5.73 Å². The molecular weight excluding hydrogens is 345 g/mol. The standard InChI is InChI=1S/C21H15FN3O2/c22-19-10-14(5-6-15(19)12-23)16-9-17(25-20(26)11-16)8-7-13-3-1-2-4-18(13)21(24)27/h1-6,8-11H,7H2,(H2,24,27)(H,25,26). The first-order valence-electron chi connectivity index (χ1n) is 8.13. The minimum Gasteiger partial charge on any atom is -0.366 e. The molecule has 0 saturated carbocycles. The van der Waals surface area contributed by atoms with Crippen LogP contribution in [0.25, 0.3) is 11.1 Å². The number of benzene rings is 2. The Morgan fingerprint density at radius 1 is 1.15 bits per heavy atom. The molecule has 3 rings (SSSR count). The van der Waals surface area contributed by atoms with Crippen LogP contribution in [-0.2, 0) is 6.42 Å². The smallest absolute Gasteiger partial charge is 0.248 e. The van der Waals surface area contributed by atoms with E-state index in [1.54, 1.807) is 48.9 Å². The van der Waals surface area contributed by atoms with Crippen LogP contribution in [0.15, 0.2) is 59.4 Å². The van der Waals surface area contributed by atoms with Crippen LogP contribution in [0, 0.1) is 23.6 Å². The topological polar surface area (TPSA) is 99.7 Å². The van der Waals surface area contributed by atoms with Crippen molar-refractivity contribution in [3.05, 3.63) is 99.6 Å². The minimum atomic E-state index is -0.642. The number of hydrogen-bond donors (Lipinski definition) is 2. The summed E-state index contributed by atoms with van der Waals surface area (Å²) >= 11 is 0. The summed E-state index contributed by atoms with van der Waals surface area (Å²) in [6.07, 6.45) is 2.15. The summed E-state index contributed by atoms with van der Waals surface area (Å²) in [5, 5.41) is 8.82. The van der Waals surface area contributed by atoms with Gasteiger partial charge >= 0.3 is 0 Å². The maximum atomic E-state index is 13.9. The highest BCUT2D eigenvalue weighted by molar-refractivity contribution is 5.94. The Kier molecular flexibility index (Phi) is 5.13. The Morgan fingerprint density at radius 2 is 1.93 bits per heavy atom. The number of amides is 1. The zero-order valence-electron chi connectivity index (χ0n) is 14.2. The van der Waals surface area contributed by atoms with Gasteiger partial charge in [0.1, 0.15) is 11.9 Å². The highest BCUT2D eigenvalue weighted by Crippen LogP contribution is 2.22. The summed E-state index contributed by atoms with van der Waals surface area (Å²) in [5.74, 6) is -1.16. The minimum absolute atomic E-state index is 0.0570. The zero-order chi connectivity index (χ0) is 19.4. The number of carbonyl (C=O) groups excluding carboxylic acids is 1. The van der Waals surface area contributed by atoms with Gasteiger partial charge in [-0.05, 0) is 47.4 Å². The number of hydrogen-bond acceptors (Lipinski definition) is 3. The van der Waals surface area contributed by atoms with Gasteiger partial charge in [0.2, 0.25) is 11.5 Å². The number of H-pyrrole nitrogens is 1. The van der Waals surface area contributed by atoms with Gasteiger partial charge in [-0.3, -0.25) is 9.59 Å². The SMILES string of the molecule is N#Cc1ccc(-c2cc([CH]Cc3ccccc3C(N)=O)[nH]c(=O)c2)cc1F. The highest BCUT2D eigenvalue weighted by Gasteiger charge is 2.10. The first kappa shape index (κ1) is 18.1. The van der Waals surface area contributed by atoms with Crippen LogP contribution in [-0.4, -0.2) is 10.9 Å². The molecule has 0 aliphatic carbocycles. The molecule has 1 radical (unpaired) electrons. The average molecular weight is 360 g/mol. The Labute approximate surface area is 154 Å². The van der Waals surface area contributed by atoms with Gasteiger partial charge in [0.25, 0.3) is 0 Å². The quantitative estimate of drug-likeness (QED) is 0.731. The molecule has 3 N–H and O–H groups in total. The summed E-state index contributed by atoms with van der Waals surface area (Å²) in [4.78, 5) is 26.2. The summed E-state index contributed by atoms with van der Waals surface area (Å²) in [5.41, 5.74) is 7.68. The number of carbonyl (C=O) groups is 1. The van der Waals surface area contributed by atoms with E-state index in [0.29, 0.717) is 28.8 Å². The van der Waals surface area contributed by atoms with Crippen molar-refractivity contribution < 1.29 is 9.18 Å².